The summed E-state index contributed by atoms with van der Waals surface area (Å²) in [6, 6.07) is 20.1. The molecule has 0 saturated carbocycles. The molecule has 0 radical (unpaired) electrons. The summed E-state index contributed by atoms with van der Waals surface area (Å²) >= 11 is 0. The van der Waals surface area contributed by atoms with Crippen LogP contribution in [0.25, 0.3) is 11.3 Å². The van der Waals surface area contributed by atoms with E-state index in [1.807, 2.05) is 36.5 Å². The van der Waals surface area contributed by atoms with Gasteiger partial charge in [0, 0.05) is 23.9 Å². The van der Waals surface area contributed by atoms with Crippen LogP contribution < -0.4 is 5.32 Å². The zero-order valence-corrected chi connectivity index (χ0v) is 16.2. The summed E-state index contributed by atoms with van der Waals surface area (Å²) in [5.41, 5.74) is 6.22. The summed E-state index contributed by atoms with van der Waals surface area (Å²) in [5.74, 6) is 0.448. The van der Waals surface area contributed by atoms with Crippen LogP contribution in [-0.2, 0) is 13.0 Å². The monoisotopic (exact) mass is 358 g/mol. The molecule has 3 aromatic rings. The summed E-state index contributed by atoms with van der Waals surface area (Å²) in [6.07, 6.45) is 2.88. The number of aryl methyl sites for hydroxylation is 1. The summed E-state index contributed by atoms with van der Waals surface area (Å²) in [6.45, 7) is 6.99. The fraction of sp³-hybridized carbons (Fsp3) is 0.250. The van der Waals surface area contributed by atoms with Gasteiger partial charge in [-0.05, 0) is 47.2 Å². The van der Waals surface area contributed by atoms with Crippen molar-refractivity contribution in [1.29, 1.82) is 0 Å². The van der Waals surface area contributed by atoms with E-state index in [1.165, 1.54) is 11.1 Å². The predicted molar refractivity (Wildman–Crippen MR) is 111 cm³/mol. The lowest BCUT2D eigenvalue weighted by molar-refractivity contribution is 0.0951. The van der Waals surface area contributed by atoms with Gasteiger partial charge in [-0.25, -0.2) is 0 Å². The fourth-order valence-corrected chi connectivity index (χ4v) is 2.90. The van der Waals surface area contributed by atoms with Crippen molar-refractivity contribution >= 4 is 5.91 Å². The highest BCUT2D eigenvalue weighted by atomic mass is 16.1. The Morgan fingerprint density at radius 2 is 1.59 bits per heavy atom. The van der Waals surface area contributed by atoms with Crippen LogP contribution in [-0.4, -0.2) is 10.9 Å². The van der Waals surface area contributed by atoms with Crippen LogP contribution in [0.3, 0.4) is 0 Å². The van der Waals surface area contributed by atoms with Crippen LogP contribution in [0.15, 0.2) is 66.9 Å². The van der Waals surface area contributed by atoms with Gasteiger partial charge in [-0.2, -0.15) is 0 Å². The fourth-order valence-electron chi connectivity index (χ4n) is 2.90. The van der Waals surface area contributed by atoms with E-state index in [2.05, 4.69) is 61.4 Å². The molecule has 3 nitrogen and oxygen atoms in total. The van der Waals surface area contributed by atoms with Gasteiger partial charge >= 0.3 is 0 Å². The molecular weight excluding hydrogens is 332 g/mol. The summed E-state index contributed by atoms with van der Waals surface area (Å²) < 4.78 is 0. The van der Waals surface area contributed by atoms with Crippen molar-refractivity contribution in [3.05, 3.63) is 89.1 Å². The molecule has 27 heavy (non-hydrogen) atoms. The summed E-state index contributed by atoms with van der Waals surface area (Å²) in [7, 11) is 0. The van der Waals surface area contributed by atoms with Crippen molar-refractivity contribution in [2.24, 2.45) is 0 Å². The van der Waals surface area contributed by atoms with Gasteiger partial charge < -0.3 is 5.32 Å². The van der Waals surface area contributed by atoms with Crippen molar-refractivity contribution < 1.29 is 4.79 Å². The third-order valence-electron chi connectivity index (χ3n) is 4.78. The Labute approximate surface area is 161 Å². The molecule has 3 rings (SSSR count). The minimum Gasteiger partial charge on any atom is -0.348 e. The van der Waals surface area contributed by atoms with Gasteiger partial charge in [-0.3, -0.25) is 9.78 Å². The standard InChI is InChI=1S/C24H26N2O/c1-4-18-7-14-23(25-15-18)21-10-12-22(13-11-21)24(27)26-16-19-5-8-20(9-6-19)17(2)3/h5-15,17H,4,16H2,1-3H3,(H,26,27). The number of carbonyl (C=O) groups excluding carboxylic acids is 1. The second kappa shape index (κ2) is 8.63. The number of nitrogens with one attached hydrogen (secondary N) is 1. The van der Waals surface area contributed by atoms with E-state index < -0.39 is 0 Å². The minimum absolute atomic E-state index is 0.0659. The number of carbonyl (C=O) groups is 1. The molecule has 1 amide bonds. The molecule has 0 bridgehead atoms. The van der Waals surface area contributed by atoms with Crippen molar-refractivity contribution in [3.8, 4) is 11.3 Å². The zero-order chi connectivity index (χ0) is 19.2. The van der Waals surface area contributed by atoms with Gasteiger partial charge in [0.15, 0.2) is 0 Å². The number of hydrogen-bond acceptors (Lipinski definition) is 2. The smallest absolute Gasteiger partial charge is 0.251 e. The Hall–Kier alpha value is -2.94. The molecular formula is C24H26N2O. The maximum Gasteiger partial charge on any atom is 0.251 e. The highest BCUT2D eigenvalue weighted by molar-refractivity contribution is 5.94. The molecule has 1 heterocycles. The molecule has 0 saturated heterocycles. The Morgan fingerprint density at radius 3 is 2.15 bits per heavy atom. The maximum absolute atomic E-state index is 12.4. The molecule has 3 heteroatoms. The molecule has 0 atom stereocenters. The van der Waals surface area contributed by atoms with Crippen molar-refractivity contribution in [1.82, 2.24) is 10.3 Å². The summed E-state index contributed by atoms with van der Waals surface area (Å²) in [5, 5.41) is 2.98. The SMILES string of the molecule is CCc1ccc(-c2ccc(C(=O)NCc3ccc(C(C)C)cc3)cc2)nc1. The van der Waals surface area contributed by atoms with E-state index in [1.54, 1.807) is 0 Å². The lowest BCUT2D eigenvalue weighted by Gasteiger charge is -2.09. The van der Waals surface area contributed by atoms with Gasteiger partial charge in [0.1, 0.15) is 0 Å². The van der Waals surface area contributed by atoms with Gasteiger partial charge in [0.25, 0.3) is 5.91 Å². The van der Waals surface area contributed by atoms with Crippen LogP contribution in [0.4, 0.5) is 0 Å². The van der Waals surface area contributed by atoms with Crippen LogP contribution in [0.2, 0.25) is 0 Å². The van der Waals surface area contributed by atoms with Gasteiger partial charge in [-0.1, -0.05) is 63.2 Å². The topological polar surface area (TPSA) is 42.0 Å². The number of pyridine rings is 1. The number of amides is 1. The maximum atomic E-state index is 12.4. The molecule has 0 unspecified atom stereocenters. The predicted octanol–water partition coefficient (Wildman–Crippen LogP) is 5.36. The molecule has 0 aliphatic rings. The highest BCUT2D eigenvalue weighted by Gasteiger charge is 2.07. The van der Waals surface area contributed by atoms with E-state index in [0.29, 0.717) is 18.0 Å². The molecule has 0 fully saturated rings. The minimum atomic E-state index is -0.0659. The average molecular weight is 358 g/mol. The van der Waals surface area contributed by atoms with Crippen molar-refractivity contribution in [2.45, 2.75) is 39.7 Å². The molecule has 0 aliphatic carbocycles. The third-order valence-corrected chi connectivity index (χ3v) is 4.78. The number of hydrogen-bond donors (Lipinski definition) is 1. The third kappa shape index (κ3) is 4.82. The van der Waals surface area contributed by atoms with Crippen LogP contribution in [0.1, 0.15) is 53.7 Å². The second-order valence-electron chi connectivity index (χ2n) is 7.06. The Morgan fingerprint density at radius 1 is 0.926 bits per heavy atom. The number of nitrogens with zero attached hydrogens (tertiary/aromatic N) is 1. The molecule has 1 aromatic heterocycles. The van der Waals surface area contributed by atoms with E-state index >= 15 is 0 Å². The number of aromatic nitrogens is 1. The average Bonchev–Trinajstić information content (AvgIpc) is 2.72. The van der Waals surface area contributed by atoms with E-state index in [4.69, 9.17) is 0 Å². The largest absolute Gasteiger partial charge is 0.348 e. The summed E-state index contributed by atoms with van der Waals surface area (Å²) in [4.78, 5) is 16.9. The van der Waals surface area contributed by atoms with Crippen LogP contribution >= 0.6 is 0 Å². The lowest BCUT2D eigenvalue weighted by Crippen LogP contribution is -2.22. The Bertz CT molecular complexity index is 879. The normalized spacial score (nSPS) is 10.8. The second-order valence-corrected chi connectivity index (χ2v) is 7.06. The molecule has 138 valence electrons. The van der Waals surface area contributed by atoms with E-state index in [9.17, 15) is 4.79 Å². The lowest BCUT2D eigenvalue weighted by atomic mass is 10.0. The first-order valence-corrected chi connectivity index (χ1v) is 9.49. The van der Waals surface area contributed by atoms with Gasteiger partial charge in [-0.15, -0.1) is 0 Å². The zero-order valence-electron chi connectivity index (χ0n) is 16.2. The number of rotatable bonds is 6. The Balaban J connectivity index is 1.61. The molecule has 0 spiro atoms. The first-order chi connectivity index (χ1) is 13.1. The van der Waals surface area contributed by atoms with Crippen molar-refractivity contribution in [2.75, 3.05) is 0 Å². The molecule has 0 aliphatic heterocycles. The molecule has 1 N–H and O–H groups in total. The van der Waals surface area contributed by atoms with E-state index in [0.717, 1.165) is 23.2 Å². The van der Waals surface area contributed by atoms with Crippen LogP contribution in [0, 0.1) is 0 Å². The Kier molecular flexibility index (Phi) is 6.02. The van der Waals surface area contributed by atoms with Gasteiger partial charge in [0.2, 0.25) is 0 Å². The van der Waals surface area contributed by atoms with Gasteiger partial charge in [0.05, 0.1) is 5.69 Å². The van der Waals surface area contributed by atoms with E-state index in [-0.39, 0.29) is 5.91 Å². The first kappa shape index (κ1) is 18.8. The van der Waals surface area contributed by atoms with Crippen LogP contribution in [0.5, 0.6) is 0 Å². The molecule has 2 aromatic carbocycles. The highest BCUT2D eigenvalue weighted by Crippen LogP contribution is 2.18. The number of benzene rings is 2. The first-order valence-electron chi connectivity index (χ1n) is 9.49. The quantitative estimate of drug-likeness (QED) is 0.644. The van der Waals surface area contributed by atoms with Crippen molar-refractivity contribution in [3.63, 3.8) is 0 Å².